The molecule has 0 fully saturated rings. The molecule has 1 heterocycles. The van der Waals surface area contributed by atoms with Crippen molar-refractivity contribution in [3.63, 3.8) is 0 Å². The van der Waals surface area contributed by atoms with E-state index in [0.717, 1.165) is 6.42 Å². The maximum atomic E-state index is 4.18. The Bertz CT molecular complexity index is 168. The zero-order valence-corrected chi connectivity index (χ0v) is 6.19. The van der Waals surface area contributed by atoms with E-state index in [1.54, 1.807) is 11.8 Å². The number of thioether (sulfide) groups is 1. The van der Waals surface area contributed by atoms with Crippen LogP contribution in [-0.2, 0) is 0 Å². The van der Waals surface area contributed by atoms with Crippen LogP contribution < -0.4 is 0 Å². The summed E-state index contributed by atoms with van der Waals surface area (Å²) < 4.78 is 0. The summed E-state index contributed by atoms with van der Waals surface area (Å²) in [7, 11) is 0. The van der Waals surface area contributed by atoms with Crippen molar-refractivity contribution < 1.29 is 0 Å². The molecular weight excluding hydrogens is 130 g/mol. The van der Waals surface area contributed by atoms with Crippen molar-refractivity contribution in [2.24, 2.45) is 4.99 Å². The van der Waals surface area contributed by atoms with Crippen LogP contribution in [0.3, 0.4) is 0 Å². The molecule has 1 aliphatic rings. The van der Waals surface area contributed by atoms with Crippen molar-refractivity contribution in [3.8, 4) is 0 Å². The Morgan fingerprint density at radius 1 is 1.56 bits per heavy atom. The lowest BCUT2D eigenvalue weighted by Crippen LogP contribution is -1.82. The van der Waals surface area contributed by atoms with E-state index < -0.39 is 0 Å². The molecule has 0 N–H and O–H groups in total. The predicted molar refractivity (Wildman–Crippen MR) is 43.6 cm³/mol. The van der Waals surface area contributed by atoms with Crippen LogP contribution in [0.25, 0.3) is 0 Å². The smallest absolute Gasteiger partial charge is 0.0770 e. The molecule has 2 heteroatoms. The third-order valence-corrected chi connectivity index (χ3v) is 1.96. The van der Waals surface area contributed by atoms with E-state index in [4.69, 9.17) is 0 Å². The quantitative estimate of drug-likeness (QED) is 0.544. The monoisotopic (exact) mass is 139 g/mol. The molecule has 0 aromatic carbocycles. The first-order valence-corrected chi connectivity index (χ1v) is 3.86. The molecule has 9 heavy (non-hydrogen) atoms. The predicted octanol–water partition coefficient (Wildman–Crippen LogP) is 2.57. The Morgan fingerprint density at radius 3 is 3.22 bits per heavy atom. The Morgan fingerprint density at radius 2 is 2.44 bits per heavy atom. The van der Waals surface area contributed by atoms with Gasteiger partial charge in [-0.05, 0) is 17.9 Å². The van der Waals surface area contributed by atoms with Crippen LogP contribution in [0, 0.1) is 0 Å². The SMILES string of the molecule is CCC1=NC=CC=CS1. The first kappa shape index (κ1) is 6.62. The van der Waals surface area contributed by atoms with E-state index >= 15 is 0 Å². The largest absolute Gasteiger partial charge is 0.254 e. The second-order valence-corrected chi connectivity index (χ2v) is 2.64. The zero-order chi connectivity index (χ0) is 6.53. The highest BCUT2D eigenvalue weighted by Gasteiger charge is 1.91. The summed E-state index contributed by atoms with van der Waals surface area (Å²) in [6.45, 7) is 2.11. The van der Waals surface area contributed by atoms with Crippen LogP contribution in [0.5, 0.6) is 0 Å². The summed E-state index contributed by atoms with van der Waals surface area (Å²) in [6.07, 6.45) is 6.79. The molecule has 0 unspecified atom stereocenters. The summed E-state index contributed by atoms with van der Waals surface area (Å²) in [6, 6.07) is 0. The average Bonchev–Trinajstić information content (AvgIpc) is 2.13. The molecule has 1 aliphatic heterocycles. The fraction of sp³-hybridized carbons (Fsp3) is 0.286. The molecule has 0 aliphatic carbocycles. The third kappa shape index (κ3) is 2.06. The summed E-state index contributed by atoms with van der Waals surface area (Å²) in [5.74, 6) is 0. The fourth-order valence-electron chi connectivity index (χ4n) is 0.544. The molecule has 0 spiro atoms. The van der Waals surface area contributed by atoms with Gasteiger partial charge in [0.1, 0.15) is 0 Å². The van der Waals surface area contributed by atoms with Crippen molar-refractivity contribution in [1.82, 2.24) is 0 Å². The van der Waals surface area contributed by atoms with Gasteiger partial charge in [0, 0.05) is 6.20 Å². The highest BCUT2D eigenvalue weighted by molar-refractivity contribution is 8.16. The molecule has 1 rings (SSSR count). The summed E-state index contributed by atoms with van der Waals surface area (Å²) in [5.41, 5.74) is 0. The standard InChI is InChI=1S/C7H9NS/c1-2-7-8-5-3-4-6-9-7/h3-6H,2H2,1H3. The Hall–Kier alpha value is -0.500. The molecule has 0 bridgehead atoms. The fourth-order valence-corrected chi connectivity index (χ4v) is 1.16. The molecule has 0 amide bonds. The summed E-state index contributed by atoms with van der Waals surface area (Å²) >= 11 is 1.69. The first-order valence-electron chi connectivity index (χ1n) is 2.98. The lowest BCUT2D eigenvalue weighted by Gasteiger charge is -1.91. The van der Waals surface area contributed by atoms with Crippen LogP contribution in [0.2, 0.25) is 0 Å². The molecular formula is C7H9NS. The minimum absolute atomic E-state index is 1.03. The highest BCUT2D eigenvalue weighted by atomic mass is 32.2. The van der Waals surface area contributed by atoms with E-state index in [-0.39, 0.29) is 0 Å². The topological polar surface area (TPSA) is 12.4 Å². The van der Waals surface area contributed by atoms with Gasteiger partial charge in [-0.15, -0.1) is 0 Å². The minimum atomic E-state index is 1.03. The number of aliphatic imine (C=N–C) groups is 1. The molecule has 1 nitrogen and oxygen atoms in total. The first-order chi connectivity index (χ1) is 4.43. The van der Waals surface area contributed by atoms with E-state index in [9.17, 15) is 0 Å². The van der Waals surface area contributed by atoms with E-state index in [1.807, 2.05) is 23.8 Å². The van der Waals surface area contributed by atoms with Gasteiger partial charge >= 0.3 is 0 Å². The van der Waals surface area contributed by atoms with Gasteiger partial charge in [-0.25, -0.2) is 0 Å². The minimum Gasteiger partial charge on any atom is -0.254 e. The second kappa shape index (κ2) is 3.51. The van der Waals surface area contributed by atoms with Crippen LogP contribution in [0.4, 0.5) is 0 Å². The molecule has 0 atom stereocenters. The van der Waals surface area contributed by atoms with Gasteiger partial charge in [0.2, 0.25) is 0 Å². The number of hydrogen-bond acceptors (Lipinski definition) is 2. The van der Waals surface area contributed by atoms with Crippen LogP contribution in [-0.4, -0.2) is 5.04 Å². The lowest BCUT2D eigenvalue weighted by atomic mass is 10.5. The molecule has 0 aromatic heterocycles. The second-order valence-electron chi connectivity index (χ2n) is 1.66. The number of hydrogen-bond donors (Lipinski definition) is 0. The van der Waals surface area contributed by atoms with E-state index in [2.05, 4.69) is 11.9 Å². The molecule has 0 aromatic rings. The van der Waals surface area contributed by atoms with Crippen molar-refractivity contribution in [1.29, 1.82) is 0 Å². The third-order valence-electron chi connectivity index (χ3n) is 1.00. The van der Waals surface area contributed by atoms with Crippen molar-refractivity contribution >= 4 is 16.8 Å². The molecule has 48 valence electrons. The van der Waals surface area contributed by atoms with Gasteiger partial charge in [-0.1, -0.05) is 24.8 Å². The van der Waals surface area contributed by atoms with Gasteiger partial charge in [-0.2, -0.15) is 0 Å². The maximum Gasteiger partial charge on any atom is 0.0770 e. The number of allylic oxidation sites excluding steroid dienone is 2. The normalized spacial score (nSPS) is 17.2. The van der Waals surface area contributed by atoms with Crippen LogP contribution >= 0.6 is 11.8 Å². The highest BCUT2D eigenvalue weighted by Crippen LogP contribution is 2.11. The molecule has 0 saturated heterocycles. The van der Waals surface area contributed by atoms with E-state index in [0.29, 0.717) is 0 Å². The van der Waals surface area contributed by atoms with Crippen molar-refractivity contribution in [2.75, 3.05) is 0 Å². The Balaban J connectivity index is 2.62. The van der Waals surface area contributed by atoms with Gasteiger partial charge in [0.15, 0.2) is 0 Å². The molecule has 0 radical (unpaired) electrons. The van der Waals surface area contributed by atoms with Crippen LogP contribution in [0.1, 0.15) is 13.3 Å². The Kier molecular flexibility index (Phi) is 2.58. The van der Waals surface area contributed by atoms with Gasteiger partial charge in [-0.3, -0.25) is 4.99 Å². The van der Waals surface area contributed by atoms with Crippen molar-refractivity contribution in [3.05, 3.63) is 23.8 Å². The summed E-state index contributed by atoms with van der Waals surface area (Å²) in [5, 5.41) is 3.23. The number of rotatable bonds is 1. The van der Waals surface area contributed by atoms with Gasteiger partial charge in [0.05, 0.1) is 5.04 Å². The van der Waals surface area contributed by atoms with E-state index in [1.165, 1.54) is 5.04 Å². The van der Waals surface area contributed by atoms with Crippen molar-refractivity contribution in [2.45, 2.75) is 13.3 Å². The van der Waals surface area contributed by atoms with Crippen LogP contribution in [0.15, 0.2) is 28.8 Å². The van der Waals surface area contributed by atoms with Gasteiger partial charge < -0.3 is 0 Å². The molecule has 0 saturated carbocycles. The summed E-state index contributed by atoms with van der Waals surface area (Å²) in [4.78, 5) is 4.18. The lowest BCUT2D eigenvalue weighted by molar-refractivity contribution is 1.30. The zero-order valence-electron chi connectivity index (χ0n) is 5.37. The Labute approximate surface area is 59.6 Å². The van der Waals surface area contributed by atoms with Gasteiger partial charge in [0.25, 0.3) is 0 Å². The maximum absolute atomic E-state index is 4.18. The average molecular weight is 139 g/mol. The number of nitrogens with zero attached hydrogens (tertiary/aromatic N) is 1.